The van der Waals surface area contributed by atoms with E-state index in [0.717, 1.165) is 22.3 Å². The molecule has 0 unspecified atom stereocenters. The SMILES string of the molecule is COc1ccc(-c2cnc3c(Nc4ccc(C(=O)N5CCC(C(=O)NCC[N+](C)(C)C)CC5)c(C)c4)nccn23)cc1F.O=C[O-]. The average molecular weight is 634 g/mol. The van der Waals surface area contributed by atoms with Gasteiger partial charge < -0.3 is 34.7 Å². The van der Waals surface area contributed by atoms with Gasteiger partial charge in [0.1, 0.15) is 0 Å². The van der Waals surface area contributed by atoms with Gasteiger partial charge in [0.15, 0.2) is 23.0 Å². The lowest BCUT2D eigenvalue weighted by molar-refractivity contribution is -0.869. The number of fused-ring (bicyclic) bond motifs is 1. The molecule has 0 atom stereocenters. The molecule has 0 aliphatic carbocycles. The fourth-order valence-corrected chi connectivity index (χ4v) is 5.34. The largest absolute Gasteiger partial charge is 0.554 e. The van der Waals surface area contributed by atoms with Gasteiger partial charge in [-0.15, -0.1) is 0 Å². The number of aryl methyl sites for hydroxylation is 1. The molecule has 0 bridgehead atoms. The summed E-state index contributed by atoms with van der Waals surface area (Å²) >= 11 is 0. The molecule has 1 saturated heterocycles. The van der Waals surface area contributed by atoms with E-state index in [1.165, 1.54) is 13.2 Å². The molecular weight excluding hydrogens is 593 g/mol. The maximum atomic E-state index is 14.4. The summed E-state index contributed by atoms with van der Waals surface area (Å²) in [7, 11) is 7.73. The normalized spacial score (nSPS) is 13.5. The van der Waals surface area contributed by atoms with Crippen LogP contribution in [0.15, 0.2) is 55.0 Å². The van der Waals surface area contributed by atoms with Gasteiger partial charge in [-0.3, -0.25) is 14.0 Å². The molecule has 5 rings (SSSR count). The van der Waals surface area contributed by atoms with E-state index in [-0.39, 0.29) is 23.5 Å². The highest BCUT2D eigenvalue weighted by atomic mass is 19.1. The van der Waals surface area contributed by atoms with Crippen LogP contribution in [0.25, 0.3) is 16.9 Å². The molecule has 0 saturated carbocycles. The number of benzene rings is 2. The number of rotatable bonds is 9. The van der Waals surface area contributed by atoms with Crippen molar-refractivity contribution in [3.05, 3.63) is 71.9 Å². The average Bonchev–Trinajstić information content (AvgIpc) is 3.46. The van der Waals surface area contributed by atoms with E-state index in [1.54, 1.807) is 30.7 Å². The minimum absolute atomic E-state index is 0.0298. The summed E-state index contributed by atoms with van der Waals surface area (Å²) in [5.74, 6) is 0.245. The Hall–Kier alpha value is -5.04. The molecule has 2 aromatic heterocycles. The van der Waals surface area contributed by atoms with E-state index >= 15 is 0 Å². The lowest BCUT2D eigenvalue weighted by Gasteiger charge is -2.32. The number of quaternary nitrogens is 1. The van der Waals surface area contributed by atoms with Crippen molar-refractivity contribution in [1.29, 1.82) is 0 Å². The van der Waals surface area contributed by atoms with Crippen molar-refractivity contribution in [3.63, 3.8) is 0 Å². The number of methoxy groups -OCH3 is 1. The van der Waals surface area contributed by atoms with Crippen LogP contribution in [-0.2, 0) is 9.59 Å². The molecule has 13 heteroatoms. The van der Waals surface area contributed by atoms with E-state index in [1.807, 2.05) is 34.4 Å². The van der Waals surface area contributed by atoms with Crippen molar-refractivity contribution in [3.8, 4) is 17.0 Å². The van der Waals surface area contributed by atoms with Crippen LogP contribution in [-0.4, -0.2) is 96.5 Å². The second-order valence-corrected chi connectivity index (χ2v) is 12.1. The Balaban J connectivity index is 0.00000154. The number of hydrogen-bond donors (Lipinski definition) is 2. The Bertz CT molecular complexity index is 1690. The highest BCUT2D eigenvalue weighted by Gasteiger charge is 2.28. The zero-order chi connectivity index (χ0) is 33.4. The predicted octanol–water partition coefficient (Wildman–Crippen LogP) is 2.64. The monoisotopic (exact) mass is 633 g/mol. The number of carbonyl (C=O) groups is 3. The number of halogens is 1. The summed E-state index contributed by atoms with van der Waals surface area (Å²) in [5.41, 5.74) is 4.18. The number of carboxylic acid groups (broad SMARTS) is 1. The van der Waals surface area contributed by atoms with Crippen molar-refractivity contribution >= 4 is 35.4 Å². The van der Waals surface area contributed by atoms with Gasteiger partial charge in [0.2, 0.25) is 5.91 Å². The van der Waals surface area contributed by atoms with E-state index in [4.69, 9.17) is 14.6 Å². The molecule has 1 fully saturated rings. The number of piperidine rings is 1. The summed E-state index contributed by atoms with van der Waals surface area (Å²) in [6, 6.07) is 10.4. The highest BCUT2D eigenvalue weighted by Crippen LogP contribution is 2.29. The lowest BCUT2D eigenvalue weighted by atomic mass is 9.95. The minimum Gasteiger partial charge on any atom is -0.554 e. The first-order chi connectivity index (χ1) is 21.9. The molecule has 46 heavy (non-hydrogen) atoms. The Morgan fingerprint density at radius 1 is 1.13 bits per heavy atom. The Morgan fingerprint density at radius 2 is 1.85 bits per heavy atom. The summed E-state index contributed by atoms with van der Waals surface area (Å²) in [5, 5.41) is 14.6. The van der Waals surface area contributed by atoms with Crippen LogP contribution in [0.5, 0.6) is 5.75 Å². The van der Waals surface area contributed by atoms with Gasteiger partial charge >= 0.3 is 0 Å². The van der Waals surface area contributed by atoms with Gasteiger partial charge in [-0.25, -0.2) is 14.4 Å². The second kappa shape index (κ2) is 14.8. The number of likely N-dealkylation sites (tertiary alicyclic amines) is 1. The number of imidazole rings is 1. The fraction of sp³-hybridized carbons (Fsp3) is 0.364. The van der Waals surface area contributed by atoms with E-state index in [0.29, 0.717) is 60.8 Å². The molecule has 244 valence electrons. The molecule has 2 aromatic carbocycles. The molecule has 1 aliphatic rings. The number of nitrogens with zero attached hydrogens (tertiary/aromatic N) is 5. The summed E-state index contributed by atoms with van der Waals surface area (Å²) in [6.45, 7) is 4.03. The maximum Gasteiger partial charge on any atom is 0.254 e. The van der Waals surface area contributed by atoms with Gasteiger partial charge in [-0.05, 0) is 61.7 Å². The third-order valence-corrected chi connectivity index (χ3v) is 7.83. The molecular formula is C33H40FN7O5. The van der Waals surface area contributed by atoms with Crippen molar-refractivity contribution in [1.82, 2.24) is 24.6 Å². The first kappa shape index (κ1) is 33.8. The molecule has 0 radical (unpaired) electrons. The van der Waals surface area contributed by atoms with E-state index in [2.05, 4.69) is 41.7 Å². The zero-order valence-corrected chi connectivity index (χ0v) is 26.7. The quantitative estimate of drug-likeness (QED) is 0.212. The van der Waals surface area contributed by atoms with Gasteiger partial charge in [-0.1, -0.05) is 0 Å². The number of hydrogen-bond acceptors (Lipinski definition) is 8. The van der Waals surface area contributed by atoms with Crippen molar-refractivity contribution in [2.45, 2.75) is 19.8 Å². The summed E-state index contributed by atoms with van der Waals surface area (Å²) < 4.78 is 22.0. The molecule has 12 nitrogen and oxygen atoms in total. The van der Waals surface area contributed by atoms with Gasteiger partial charge in [0.25, 0.3) is 5.91 Å². The predicted molar refractivity (Wildman–Crippen MR) is 170 cm³/mol. The van der Waals surface area contributed by atoms with Crippen LogP contribution in [0.4, 0.5) is 15.9 Å². The van der Waals surface area contributed by atoms with Crippen molar-refractivity contribution in [2.24, 2.45) is 5.92 Å². The van der Waals surface area contributed by atoms with Gasteiger partial charge in [0.05, 0.1) is 53.2 Å². The van der Waals surface area contributed by atoms with Crippen molar-refractivity contribution in [2.75, 3.05) is 59.7 Å². The summed E-state index contributed by atoms with van der Waals surface area (Å²) in [6.07, 6.45) is 6.42. The van der Waals surface area contributed by atoms with Gasteiger partial charge in [0, 0.05) is 54.7 Å². The molecule has 3 heterocycles. The maximum absolute atomic E-state index is 14.4. The zero-order valence-electron chi connectivity index (χ0n) is 26.7. The Kier molecular flexibility index (Phi) is 10.9. The lowest BCUT2D eigenvalue weighted by Crippen LogP contribution is -2.46. The first-order valence-electron chi connectivity index (χ1n) is 14.9. The number of nitrogens with one attached hydrogen (secondary N) is 2. The Morgan fingerprint density at radius 3 is 2.48 bits per heavy atom. The van der Waals surface area contributed by atoms with Crippen molar-refractivity contribution < 1.29 is 33.1 Å². The Labute approximate surface area is 267 Å². The first-order valence-corrected chi connectivity index (χ1v) is 14.9. The van der Waals surface area contributed by atoms with Crippen LogP contribution in [0.3, 0.4) is 0 Å². The number of anilines is 2. The fourth-order valence-electron chi connectivity index (χ4n) is 5.34. The van der Waals surface area contributed by atoms with Gasteiger partial charge in [-0.2, -0.15) is 0 Å². The van der Waals surface area contributed by atoms with Crippen LogP contribution in [0.2, 0.25) is 0 Å². The molecule has 2 N–H and O–H groups in total. The van der Waals surface area contributed by atoms with E-state index < -0.39 is 12.3 Å². The standard InChI is InChI=1S/C32H38FN7O3.CH2O2/c1-21-18-24(7-8-25(21)32(42)38-14-10-22(11-15-38)31(41)35-13-17-40(2,3)4)37-29-30-36-20-27(39(30)16-12-34-29)23-6-9-28(43-5)26(33)19-23;2-1-3/h6-9,12,16,18-20,22H,10-11,13-15,17H2,1-5H3,(H-,34,35,37,41,42);1H,(H,2,3). The second-order valence-electron chi connectivity index (χ2n) is 12.1. The number of amides is 2. The minimum atomic E-state index is -0.500. The van der Waals surface area contributed by atoms with Crippen LogP contribution in [0, 0.1) is 18.7 Å². The van der Waals surface area contributed by atoms with Crippen LogP contribution >= 0.6 is 0 Å². The number of likely N-dealkylation sites (N-methyl/N-ethyl adjacent to an activating group) is 1. The molecule has 1 aliphatic heterocycles. The number of ether oxygens (including phenoxy) is 1. The molecule has 2 amide bonds. The number of aromatic nitrogens is 3. The van der Waals surface area contributed by atoms with Crippen LogP contribution in [0.1, 0.15) is 28.8 Å². The van der Waals surface area contributed by atoms with E-state index in [9.17, 15) is 14.0 Å². The van der Waals surface area contributed by atoms with Crippen LogP contribution < -0.4 is 20.5 Å². The third-order valence-electron chi connectivity index (χ3n) is 7.83. The number of carbonyl (C=O) groups excluding carboxylic acids is 3. The smallest absolute Gasteiger partial charge is 0.254 e. The molecule has 0 spiro atoms. The summed E-state index contributed by atoms with van der Waals surface area (Å²) in [4.78, 5) is 45.1. The molecule has 4 aromatic rings. The third kappa shape index (κ3) is 8.16. The highest BCUT2D eigenvalue weighted by molar-refractivity contribution is 5.96. The topological polar surface area (TPSA) is 141 Å².